The molecule has 1 aromatic rings. The molecule has 1 amide bonds. The first-order valence-corrected chi connectivity index (χ1v) is 7.70. The highest BCUT2D eigenvalue weighted by molar-refractivity contribution is 7.10. The van der Waals surface area contributed by atoms with Gasteiger partial charge in [-0.05, 0) is 44.1 Å². The Morgan fingerprint density at radius 1 is 1.42 bits per heavy atom. The number of rotatable bonds is 3. The number of halogens is 1. The number of nitrogens with one attached hydrogen (secondary N) is 2. The molecule has 3 heterocycles. The summed E-state index contributed by atoms with van der Waals surface area (Å²) >= 11 is 1.66. The Labute approximate surface area is 124 Å². The van der Waals surface area contributed by atoms with Crippen molar-refractivity contribution in [3.05, 3.63) is 22.4 Å². The molecule has 3 nitrogen and oxygen atoms in total. The lowest BCUT2D eigenvalue weighted by Crippen LogP contribution is -2.48. The number of hydrogen-bond donors (Lipinski definition) is 2. The van der Waals surface area contributed by atoms with Gasteiger partial charge in [-0.15, -0.1) is 23.7 Å². The molecule has 0 aliphatic carbocycles. The zero-order valence-electron chi connectivity index (χ0n) is 11.1. The van der Waals surface area contributed by atoms with Crippen LogP contribution in [0.1, 0.15) is 43.4 Å². The zero-order chi connectivity index (χ0) is 12.5. The van der Waals surface area contributed by atoms with Crippen LogP contribution in [0.3, 0.4) is 0 Å². The Hall–Kier alpha value is -0.580. The van der Waals surface area contributed by atoms with Gasteiger partial charge in [0.05, 0.1) is 5.92 Å². The first-order chi connectivity index (χ1) is 8.72. The van der Waals surface area contributed by atoms with Crippen LogP contribution in [0.4, 0.5) is 0 Å². The molecule has 19 heavy (non-hydrogen) atoms. The number of thiophene rings is 1. The van der Waals surface area contributed by atoms with Gasteiger partial charge in [-0.25, -0.2) is 0 Å². The Morgan fingerprint density at radius 2 is 2.11 bits per heavy atom. The molecule has 0 radical (unpaired) electrons. The molecular formula is C14H21ClN2OS. The van der Waals surface area contributed by atoms with Gasteiger partial charge in [0, 0.05) is 23.0 Å². The topological polar surface area (TPSA) is 41.1 Å². The third-order valence-corrected chi connectivity index (χ3v) is 5.24. The monoisotopic (exact) mass is 300 g/mol. The molecule has 106 valence electrons. The maximum atomic E-state index is 12.2. The van der Waals surface area contributed by atoms with E-state index in [1.165, 1.54) is 12.8 Å². The largest absolute Gasteiger partial charge is 0.353 e. The minimum absolute atomic E-state index is 0. The highest BCUT2D eigenvalue weighted by Gasteiger charge is 2.34. The second kappa shape index (κ2) is 6.25. The summed E-state index contributed by atoms with van der Waals surface area (Å²) in [6.45, 7) is 2.00. The molecule has 3 unspecified atom stereocenters. The third-order valence-electron chi connectivity index (χ3n) is 4.18. The van der Waals surface area contributed by atoms with Crippen molar-refractivity contribution in [3.63, 3.8) is 0 Å². The van der Waals surface area contributed by atoms with Crippen LogP contribution in [0.15, 0.2) is 17.5 Å². The van der Waals surface area contributed by atoms with Crippen LogP contribution in [0.2, 0.25) is 0 Å². The van der Waals surface area contributed by atoms with E-state index in [9.17, 15) is 4.79 Å². The summed E-state index contributed by atoms with van der Waals surface area (Å²) in [6.07, 6.45) is 4.74. The van der Waals surface area contributed by atoms with Crippen molar-refractivity contribution in [2.24, 2.45) is 0 Å². The first kappa shape index (κ1) is 14.8. The van der Waals surface area contributed by atoms with Gasteiger partial charge in [0.2, 0.25) is 5.91 Å². The molecule has 5 heteroatoms. The van der Waals surface area contributed by atoms with E-state index >= 15 is 0 Å². The van der Waals surface area contributed by atoms with Crippen molar-refractivity contribution in [2.75, 3.05) is 0 Å². The minimum Gasteiger partial charge on any atom is -0.353 e. The summed E-state index contributed by atoms with van der Waals surface area (Å²) in [5.41, 5.74) is 0. The molecule has 3 rings (SSSR count). The molecular weight excluding hydrogens is 280 g/mol. The third kappa shape index (κ3) is 3.30. The summed E-state index contributed by atoms with van der Waals surface area (Å²) < 4.78 is 0. The van der Waals surface area contributed by atoms with Crippen molar-refractivity contribution in [2.45, 2.75) is 56.7 Å². The fourth-order valence-electron chi connectivity index (χ4n) is 3.17. The molecule has 2 saturated heterocycles. The van der Waals surface area contributed by atoms with Gasteiger partial charge in [-0.2, -0.15) is 0 Å². The van der Waals surface area contributed by atoms with Gasteiger partial charge >= 0.3 is 0 Å². The maximum Gasteiger partial charge on any atom is 0.228 e. The SMILES string of the molecule is CC(C(=O)NC1CC2CCC(C1)N2)c1cccs1.Cl. The molecule has 2 aliphatic rings. The number of fused-ring (bicyclic) bond motifs is 2. The smallest absolute Gasteiger partial charge is 0.228 e. The van der Waals surface area contributed by atoms with Gasteiger partial charge < -0.3 is 10.6 Å². The highest BCUT2D eigenvalue weighted by atomic mass is 35.5. The summed E-state index contributed by atoms with van der Waals surface area (Å²) in [5.74, 6) is 0.168. The van der Waals surface area contributed by atoms with E-state index in [1.54, 1.807) is 11.3 Å². The van der Waals surface area contributed by atoms with Crippen molar-refractivity contribution in [3.8, 4) is 0 Å². The maximum absolute atomic E-state index is 12.2. The van der Waals surface area contributed by atoms with Crippen molar-refractivity contribution in [1.29, 1.82) is 0 Å². The quantitative estimate of drug-likeness (QED) is 0.901. The predicted octanol–water partition coefficient (Wildman–Crippen LogP) is 2.67. The normalized spacial score (nSPS) is 30.5. The number of hydrogen-bond acceptors (Lipinski definition) is 3. The van der Waals surface area contributed by atoms with Gasteiger partial charge in [-0.3, -0.25) is 4.79 Å². The predicted molar refractivity (Wildman–Crippen MR) is 81.1 cm³/mol. The molecule has 0 aromatic carbocycles. The highest BCUT2D eigenvalue weighted by Crippen LogP contribution is 2.27. The van der Waals surface area contributed by atoms with Crippen LogP contribution in [0, 0.1) is 0 Å². The summed E-state index contributed by atoms with van der Waals surface area (Å²) in [4.78, 5) is 13.4. The van der Waals surface area contributed by atoms with E-state index in [0.717, 1.165) is 17.7 Å². The van der Waals surface area contributed by atoms with Crippen LogP contribution in [0.25, 0.3) is 0 Å². The fourth-order valence-corrected chi connectivity index (χ4v) is 3.95. The number of piperidine rings is 1. The molecule has 3 atom stereocenters. The van der Waals surface area contributed by atoms with E-state index in [2.05, 4.69) is 10.6 Å². The van der Waals surface area contributed by atoms with Gasteiger partial charge in [-0.1, -0.05) is 6.07 Å². The Balaban J connectivity index is 0.00000133. The van der Waals surface area contributed by atoms with E-state index < -0.39 is 0 Å². The Kier molecular flexibility index (Phi) is 4.87. The number of carbonyl (C=O) groups excluding carboxylic acids is 1. The van der Waals surface area contributed by atoms with Crippen LogP contribution < -0.4 is 10.6 Å². The zero-order valence-corrected chi connectivity index (χ0v) is 12.7. The fraction of sp³-hybridized carbons (Fsp3) is 0.643. The molecule has 1 aromatic heterocycles. The van der Waals surface area contributed by atoms with Crippen molar-refractivity contribution in [1.82, 2.24) is 10.6 Å². The molecule has 2 N–H and O–H groups in total. The van der Waals surface area contributed by atoms with E-state index in [0.29, 0.717) is 18.1 Å². The molecule has 0 saturated carbocycles. The lowest BCUT2D eigenvalue weighted by Gasteiger charge is -2.30. The van der Waals surface area contributed by atoms with Crippen LogP contribution in [-0.2, 0) is 4.79 Å². The lowest BCUT2D eigenvalue weighted by atomic mass is 9.98. The Bertz CT molecular complexity index is 411. The minimum atomic E-state index is -0.0162. The molecule has 2 fully saturated rings. The first-order valence-electron chi connectivity index (χ1n) is 6.82. The van der Waals surface area contributed by atoms with E-state index in [4.69, 9.17) is 0 Å². The second-order valence-corrected chi connectivity index (χ2v) is 6.53. The average Bonchev–Trinajstić information content (AvgIpc) is 2.98. The molecule has 0 spiro atoms. The van der Waals surface area contributed by atoms with Crippen LogP contribution in [-0.4, -0.2) is 24.0 Å². The van der Waals surface area contributed by atoms with Gasteiger partial charge in [0.25, 0.3) is 0 Å². The van der Waals surface area contributed by atoms with E-state index in [1.807, 2.05) is 24.4 Å². The standard InChI is InChI=1S/C14H20N2OS.ClH/c1-9(13-3-2-6-18-13)14(17)16-12-7-10-4-5-11(8-12)15-10;/h2-3,6,9-12,15H,4-5,7-8H2,1H3,(H,16,17);1H. The second-order valence-electron chi connectivity index (χ2n) is 5.55. The summed E-state index contributed by atoms with van der Waals surface area (Å²) in [5, 5.41) is 8.87. The lowest BCUT2D eigenvalue weighted by molar-refractivity contribution is -0.123. The van der Waals surface area contributed by atoms with Crippen LogP contribution >= 0.6 is 23.7 Å². The van der Waals surface area contributed by atoms with Crippen molar-refractivity contribution >= 4 is 29.7 Å². The summed E-state index contributed by atoms with van der Waals surface area (Å²) in [6, 6.07) is 5.69. The average molecular weight is 301 g/mol. The van der Waals surface area contributed by atoms with E-state index in [-0.39, 0.29) is 24.2 Å². The van der Waals surface area contributed by atoms with Crippen LogP contribution in [0.5, 0.6) is 0 Å². The van der Waals surface area contributed by atoms with Crippen molar-refractivity contribution < 1.29 is 4.79 Å². The van der Waals surface area contributed by atoms with Gasteiger partial charge in [0.1, 0.15) is 0 Å². The number of carbonyl (C=O) groups is 1. The Morgan fingerprint density at radius 3 is 2.68 bits per heavy atom. The van der Waals surface area contributed by atoms with Gasteiger partial charge in [0.15, 0.2) is 0 Å². The summed E-state index contributed by atoms with van der Waals surface area (Å²) in [7, 11) is 0. The number of amides is 1. The molecule has 2 bridgehead atoms. The molecule has 2 aliphatic heterocycles.